The van der Waals surface area contributed by atoms with E-state index in [-0.39, 0.29) is 11.2 Å². The molecule has 0 aromatic carbocycles. The molecule has 2 heterocycles. The van der Waals surface area contributed by atoms with Gasteiger partial charge in [0.25, 0.3) is 0 Å². The van der Waals surface area contributed by atoms with Crippen molar-refractivity contribution < 1.29 is 4.92 Å². The van der Waals surface area contributed by atoms with Crippen LogP contribution in [-0.4, -0.2) is 28.5 Å². The summed E-state index contributed by atoms with van der Waals surface area (Å²) in [6.07, 6.45) is 4.76. The molecule has 0 amide bonds. The minimum atomic E-state index is -0.403. The zero-order valence-electron chi connectivity index (χ0n) is 9.77. The molecule has 0 aliphatic carbocycles. The highest BCUT2D eigenvalue weighted by Gasteiger charge is 2.28. The van der Waals surface area contributed by atoms with E-state index in [9.17, 15) is 10.1 Å². The van der Waals surface area contributed by atoms with E-state index < -0.39 is 4.92 Å². The summed E-state index contributed by atoms with van der Waals surface area (Å²) in [4.78, 5) is 14.3. The van der Waals surface area contributed by atoms with Crippen molar-refractivity contribution in [3.63, 3.8) is 0 Å². The molecule has 17 heavy (non-hydrogen) atoms. The van der Waals surface area contributed by atoms with Crippen molar-refractivity contribution in [1.82, 2.24) is 10.3 Å². The molecule has 2 rings (SSSR count). The lowest BCUT2D eigenvalue weighted by molar-refractivity contribution is -0.384. The highest BCUT2D eigenvalue weighted by atomic mass is 16.6. The van der Waals surface area contributed by atoms with E-state index in [4.69, 9.17) is 0 Å². The fourth-order valence-electron chi connectivity index (χ4n) is 2.07. The van der Waals surface area contributed by atoms with E-state index >= 15 is 0 Å². The summed E-state index contributed by atoms with van der Waals surface area (Å²) in [6.45, 7) is 3.96. The molecule has 0 atom stereocenters. The van der Waals surface area contributed by atoms with Gasteiger partial charge in [0.15, 0.2) is 0 Å². The Morgan fingerprint density at radius 2 is 2.24 bits per heavy atom. The summed E-state index contributed by atoms with van der Waals surface area (Å²) in [5.41, 5.74) is 0.499. The molecule has 0 saturated carbocycles. The SMILES string of the molecule is CC1(Nc2ccncc2[N+](=O)[O-])CCNCC1. The van der Waals surface area contributed by atoms with Crippen molar-refractivity contribution in [3.8, 4) is 0 Å². The second-order valence-electron chi connectivity index (χ2n) is 4.59. The number of nitro groups is 1. The van der Waals surface area contributed by atoms with Gasteiger partial charge in [0.05, 0.1) is 4.92 Å². The predicted molar refractivity (Wildman–Crippen MR) is 65.0 cm³/mol. The van der Waals surface area contributed by atoms with Gasteiger partial charge in [0.1, 0.15) is 11.9 Å². The Labute approximate surface area is 99.6 Å². The Balaban J connectivity index is 2.20. The molecular formula is C11H16N4O2. The summed E-state index contributed by atoms with van der Waals surface area (Å²) >= 11 is 0. The van der Waals surface area contributed by atoms with Crippen molar-refractivity contribution in [1.29, 1.82) is 0 Å². The number of nitrogens with one attached hydrogen (secondary N) is 2. The molecular weight excluding hydrogens is 220 g/mol. The highest BCUT2D eigenvalue weighted by Crippen LogP contribution is 2.29. The molecule has 0 unspecified atom stereocenters. The maximum atomic E-state index is 10.9. The van der Waals surface area contributed by atoms with Crippen LogP contribution in [0.15, 0.2) is 18.5 Å². The number of aromatic nitrogens is 1. The van der Waals surface area contributed by atoms with Gasteiger partial charge in [0, 0.05) is 11.7 Å². The van der Waals surface area contributed by atoms with Gasteiger partial charge < -0.3 is 10.6 Å². The number of pyridine rings is 1. The van der Waals surface area contributed by atoms with Crippen LogP contribution in [0.2, 0.25) is 0 Å². The Morgan fingerprint density at radius 1 is 1.53 bits per heavy atom. The molecule has 6 heteroatoms. The summed E-state index contributed by atoms with van der Waals surface area (Å²) in [5, 5.41) is 17.4. The first-order chi connectivity index (χ1) is 8.11. The Hall–Kier alpha value is -1.69. The van der Waals surface area contributed by atoms with Gasteiger partial charge in [-0.25, -0.2) is 0 Å². The molecule has 1 aliphatic rings. The first kappa shape index (κ1) is 11.8. The van der Waals surface area contributed by atoms with E-state index in [1.807, 2.05) is 0 Å². The molecule has 1 fully saturated rings. The van der Waals surface area contributed by atoms with Crippen LogP contribution in [0.1, 0.15) is 19.8 Å². The van der Waals surface area contributed by atoms with Gasteiger partial charge in [-0.3, -0.25) is 15.1 Å². The number of nitrogens with zero attached hydrogens (tertiary/aromatic N) is 2. The summed E-state index contributed by atoms with van der Waals surface area (Å²) in [7, 11) is 0. The van der Waals surface area contributed by atoms with Gasteiger partial charge >= 0.3 is 5.69 Å². The molecule has 1 aliphatic heterocycles. The zero-order valence-corrected chi connectivity index (χ0v) is 9.77. The standard InChI is InChI=1S/C11H16N4O2/c1-11(3-6-12-7-4-11)14-9-2-5-13-8-10(9)15(16)17/h2,5,8,12H,3-4,6-7H2,1H3,(H,13,14). The molecule has 0 spiro atoms. The normalized spacial score (nSPS) is 18.6. The number of piperidine rings is 1. The summed E-state index contributed by atoms with van der Waals surface area (Å²) < 4.78 is 0. The summed E-state index contributed by atoms with van der Waals surface area (Å²) in [5.74, 6) is 0. The van der Waals surface area contributed by atoms with Crippen LogP contribution < -0.4 is 10.6 Å². The number of anilines is 1. The Kier molecular flexibility index (Phi) is 3.23. The van der Waals surface area contributed by atoms with Gasteiger partial charge in [-0.05, 0) is 38.9 Å². The van der Waals surface area contributed by atoms with Crippen LogP contribution >= 0.6 is 0 Å². The Morgan fingerprint density at radius 3 is 2.88 bits per heavy atom. The molecule has 92 valence electrons. The molecule has 1 saturated heterocycles. The van der Waals surface area contributed by atoms with E-state index in [0.717, 1.165) is 25.9 Å². The van der Waals surface area contributed by atoms with Gasteiger partial charge in [-0.15, -0.1) is 0 Å². The third-order valence-corrected chi connectivity index (χ3v) is 3.14. The molecule has 1 aromatic rings. The zero-order chi connectivity index (χ0) is 12.3. The molecule has 0 radical (unpaired) electrons. The monoisotopic (exact) mass is 236 g/mol. The van der Waals surface area contributed by atoms with Crippen LogP contribution in [-0.2, 0) is 0 Å². The second kappa shape index (κ2) is 4.67. The number of hydrogen-bond donors (Lipinski definition) is 2. The third-order valence-electron chi connectivity index (χ3n) is 3.14. The van der Waals surface area contributed by atoms with E-state index in [2.05, 4.69) is 22.5 Å². The van der Waals surface area contributed by atoms with Crippen molar-refractivity contribution in [2.24, 2.45) is 0 Å². The smallest absolute Gasteiger partial charge is 0.310 e. The first-order valence-corrected chi connectivity index (χ1v) is 5.68. The van der Waals surface area contributed by atoms with E-state index in [0.29, 0.717) is 5.69 Å². The van der Waals surface area contributed by atoms with Crippen LogP contribution in [0.3, 0.4) is 0 Å². The predicted octanol–water partition coefficient (Wildman–Crippen LogP) is 1.54. The van der Waals surface area contributed by atoms with Gasteiger partial charge in [-0.2, -0.15) is 0 Å². The van der Waals surface area contributed by atoms with E-state index in [1.165, 1.54) is 6.20 Å². The minimum Gasteiger partial charge on any atom is -0.374 e. The molecule has 0 bridgehead atoms. The minimum absolute atomic E-state index is 0.0345. The topological polar surface area (TPSA) is 80.1 Å². The summed E-state index contributed by atoms with van der Waals surface area (Å²) in [6, 6.07) is 1.66. The lowest BCUT2D eigenvalue weighted by Gasteiger charge is -2.35. The van der Waals surface area contributed by atoms with Crippen LogP contribution in [0.25, 0.3) is 0 Å². The lowest BCUT2D eigenvalue weighted by atomic mass is 9.90. The quantitative estimate of drug-likeness (QED) is 0.614. The number of rotatable bonds is 3. The van der Waals surface area contributed by atoms with Gasteiger partial charge in [-0.1, -0.05) is 0 Å². The van der Waals surface area contributed by atoms with Crippen molar-refractivity contribution in [2.75, 3.05) is 18.4 Å². The largest absolute Gasteiger partial charge is 0.374 e. The molecule has 2 N–H and O–H groups in total. The molecule has 6 nitrogen and oxygen atoms in total. The lowest BCUT2D eigenvalue weighted by Crippen LogP contribution is -2.45. The fraction of sp³-hybridized carbons (Fsp3) is 0.545. The van der Waals surface area contributed by atoms with E-state index in [1.54, 1.807) is 12.3 Å². The maximum absolute atomic E-state index is 10.9. The second-order valence-corrected chi connectivity index (χ2v) is 4.59. The van der Waals surface area contributed by atoms with Crippen LogP contribution in [0.4, 0.5) is 11.4 Å². The number of hydrogen-bond acceptors (Lipinski definition) is 5. The van der Waals surface area contributed by atoms with Crippen LogP contribution in [0, 0.1) is 10.1 Å². The Bertz CT molecular complexity index is 416. The van der Waals surface area contributed by atoms with Crippen LogP contribution in [0.5, 0.6) is 0 Å². The maximum Gasteiger partial charge on any atom is 0.310 e. The first-order valence-electron chi connectivity index (χ1n) is 5.68. The average molecular weight is 236 g/mol. The average Bonchev–Trinajstić information content (AvgIpc) is 2.29. The van der Waals surface area contributed by atoms with Crippen molar-refractivity contribution in [3.05, 3.63) is 28.6 Å². The molecule has 1 aromatic heterocycles. The third kappa shape index (κ3) is 2.71. The van der Waals surface area contributed by atoms with Crippen molar-refractivity contribution in [2.45, 2.75) is 25.3 Å². The highest BCUT2D eigenvalue weighted by molar-refractivity contribution is 5.60. The fourth-order valence-corrected chi connectivity index (χ4v) is 2.07. The van der Waals surface area contributed by atoms with Gasteiger partial charge in [0.2, 0.25) is 0 Å². The van der Waals surface area contributed by atoms with Crippen molar-refractivity contribution >= 4 is 11.4 Å².